The molecule has 0 aliphatic heterocycles. The van der Waals surface area contributed by atoms with Crippen LogP contribution in [0, 0.1) is 0 Å². The molecule has 0 aliphatic carbocycles. The highest BCUT2D eigenvalue weighted by atomic mass is 127. The topological polar surface area (TPSA) is 80.2 Å². The fraction of sp³-hybridized carbons (Fsp3) is 0.478. The molecule has 1 aromatic carbocycles. The molecule has 2 rings (SSSR count). The number of aliphatic imine (C=N–C) groups is 1. The van der Waals surface area contributed by atoms with Gasteiger partial charge in [-0.1, -0.05) is 6.07 Å². The van der Waals surface area contributed by atoms with Crippen LogP contribution >= 0.6 is 24.0 Å². The summed E-state index contributed by atoms with van der Waals surface area (Å²) in [4.78, 5) is 11.5. The smallest absolute Gasteiger partial charge is 0.203 e. The first-order chi connectivity index (χ1) is 15.1. The highest BCUT2D eigenvalue weighted by molar-refractivity contribution is 14.0. The van der Waals surface area contributed by atoms with Gasteiger partial charge in [0.1, 0.15) is 5.82 Å². The molecule has 8 nitrogen and oxygen atoms in total. The van der Waals surface area contributed by atoms with Gasteiger partial charge in [0, 0.05) is 32.4 Å². The van der Waals surface area contributed by atoms with Gasteiger partial charge in [0.15, 0.2) is 17.5 Å². The Balaban J connectivity index is 0.00000512. The number of methoxy groups -OCH3 is 3. The van der Waals surface area contributed by atoms with E-state index in [1.54, 1.807) is 21.3 Å². The Labute approximate surface area is 208 Å². The minimum absolute atomic E-state index is 0. The van der Waals surface area contributed by atoms with E-state index in [4.69, 9.17) is 19.2 Å². The Bertz CT molecular complexity index is 817. The van der Waals surface area contributed by atoms with Gasteiger partial charge in [-0.05, 0) is 50.1 Å². The molecular formula is C23H36IN5O3. The lowest BCUT2D eigenvalue weighted by Gasteiger charge is -2.19. The normalized spacial score (nSPS) is 10.8. The molecule has 1 aromatic heterocycles. The van der Waals surface area contributed by atoms with Crippen LogP contribution in [0.15, 0.2) is 35.5 Å². The highest BCUT2D eigenvalue weighted by Crippen LogP contribution is 2.38. The van der Waals surface area contributed by atoms with Crippen LogP contribution in [-0.4, -0.2) is 51.9 Å². The van der Waals surface area contributed by atoms with Crippen molar-refractivity contribution in [3.63, 3.8) is 0 Å². The summed E-state index contributed by atoms with van der Waals surface area (Å²) in [6, 6.07) is 7.97. The highest BCUT2D eigenvalue weighted by Gasteiger charge is 2.13. The lowest BCUT2D eigenvalue weighted by Crippen LogP contribution is -2.36. The Kier molecular flexibility index (Phi) is 12.6. The number of aromatic nitrogens is 1. The Morgan fingerprint density at radius 3 is 2.06 bits per heavy atom. The predicted octanol–water partition coefficient (Wildman–Crippen LogP) is 3.83. The minimum Gasteiger partial charge on any atom is -0.493 e. The second-order valence-electron chi connectivity index (χ2n) is 6.78. The third-order valence-corrected chi connectivity index (χ3v) is 4.84. The van der Waals surface area contributed by atoms with Gasteiger partial charge < -0.3 is 29.7 Å². The molecule has 0 radical (unpaired) electrons. The summed E-state index contributed by atoms with van der Waals surface area (Å²) >= 11 is 0. The maximum atomic E-state index is 5.43. The first-order valence-electron chi connectivity index (χ1n) is 10.6. The van der Waals surface area contributed by atoms with E-state index in [1.165, 1.54) is 0 Å². The van der Waals surface area contributed by atoms with Gasteiger partial charge in [-0.15, -0.1) is 24.0 Å². The molecule has 0 saturated heterocycles. The molecule has 0 amide bonds. The summed E-state index contributed by atoms with van der Waals surface area (Å²) in [5.74, 6) is 3.53. The van der Waals surface area contributed by atoms with Crippen molar-refractivity contribution < 1.29 is 14.2 Å². The first-order valence-corrected chi connectivity index (χ1v) is 10.6. The van der Waals surface area contributed by atoms with Gasteiger partial charge in [0.2, 0.25) is 5.75 Å². The number of benzene rings is 1. The molecule has 1 heterocycles. The van der Waals surface area contributed by atoms with Crippen LogP contribution in [0.2, 0.25) is 0 Å². The van der Waals surface area contributed by atoms with E-state index in [0.29, 0.717) is 30.3 Å². The molecule has 0 fully saturated rings. The van der Waals surface area contributed by atoms with Gasteiger partial charge in [-0.25, -0.2) is 9.98 Å². The van der Waals surface area contributed by atoms with Gasteiger partial charge in [-0.2, -0.15) is 0 Å². The third kappa shape index (κ3) is 7.61. The molecule has 0 unspecified atom stereocenters. The van der Waals surface area contributed by atoms with Crippen LogP contribution in [0.1, 0.15) is 31.9 Å². The summed E-state index contributed by atoms with van der Waals surface area (Å²) in [6.07, 6.45) is 1.91. The fourth-order valence-corrected chi connectivity index (χ4v) is 3.18. The molecule has 178 valence electrons. The van der Waals surface area contributed by atoms with Crippen molar-refractivity contribution in [3.8, 4) is 17.2 Å². The zero-order valence-corrected chi connectivity index (χ0v) is 22.2. The molecule has 2 aromatic rings. The van der Waals surface area contributed by atoms with Crippen molar-refractivity contribution in [3.05, 3.63) is 41.6 Å². The van der Waals surface area contributed by atoms with Crippen LogP contribution in [0.4, 0.5) is 5.82 Å². The van der Waals surface area contributed by atoms with Gasteiger partial charge in [0.05, 0.1) is 27.9 Å². The van der Waals surface area contributed by atoms with E-state index in [1.807, 2.05) is 25.3 Å². The van der Waals surface area contributed by atoms with E-state index in [-0.39, 0.29) is 24.0 Å². The number of guanidine groups is 1. The molecule has 0 spiro atoms. The lowest BCUT2D eigenvalue weighted by molar-refractivity contribution is 0.324. The molecule has 32 heavy (non-hydrogen) atoms. The average molecular weight is 557 g/mol. The summed E-state index contributed by atoms with van der Waals surface area (Å²) in [7, 11) is 4.81. The summed E-state index contributed by atoms with van der Waals surface area (Å²) in [6.45, 7) is 10.1. The number of nitrogens with one attached hydrogen (secondary N) is 2. The largest absolute Gasteiger partial charge is 0.493 e. The number of halogens is 1. The standard InChI is InChI=1S/C23H35N5O3.HI/c1-7-24-23(26-15-17-10-11-21(25-14-17)28(8-2)9-3)27-16-18-12-19(29-4)22(31-6)20(13-18)30-5;/h10-14H,7-9,15-16H2,1-6H3,(H2,24,26,27);1H. The number of nitrogens with zero attached hydrogens (tertiary/aromatic N) is 3. The second kappa shape index (κ2) is 14.6. The van der Waals surface area contributed by atoms with E-state index in [9.17, 15) is 0 Å². The van der Waals surface area contributed by atoms with Crippen molar-refractivity contribution in [1.82, 2.24) is 15.6 Å². The number of rotatable bonds is 11. The van der Waals surface area contributed by atoms with Crippen molar-refractivity contribution in [2.24, 2.45) is 4.99 Å². The molecule has 2 N–H and O–H groups in total. The number of pyridine rings is 1. The summed E-state index contributed by atoms with van der Waals surface area (Å²) < 4.78 is 16.2. The summed E-state index contributed by atoms with van der Waals surface area (Å²) in [5, 5.41) is 6.64. The second-order valence-corrected chi connectivity index (χ2v) is 6.78. The zero-order valence-electron chi connectivity index (χ0n) is 19.9. The Morgan fingerprint density at radius 2 is 1.59 bits per heavy atom. The van der Waals surface area contributed by atoms with E-state index in [2.05, 4.69) is 46.5 Å². The van der Waals surface area contributed by atoms with E-state index >= 15 is 0 Å². The van der Waals surface area contributed by atoms with Crippen LogP contribution in [0.5, 0.6) is 17.2 Å². The Hall–Kier alpha value is -2.43. The van der Waals surface area contributed by atoms with Gasteiger partial charge in [0.25, 0.3) is 0 Å². The minimum atomic E-state index is 0. The van der Waals surface area contributed by atoms with Crippen LogP contribution in [-0.2, 0) is 13.1 Å². The van der Waals surface area contributed by atoms with Gasteiger partial charge in [-0.3, -0.25) is 0 Å². The van der Waals surface area contributed by atoms with E-state index in [0.717, 1.165) is 42.5 Å². The van der Waals surface area contributed by atoms with Crippen LogP contribution in [0.3, 0.4) is 0 Å². The summed E-state index contributed by atoms with van der Waals surface area (Å²) in [5.41, 5.74) is 2.05. The number of hydrogen-bond donors (Lipinski definition) is 2. The maximum absolute atomic E-state index is 5.43. The van der Waals surface area contributed by atoms with Crippen LogP contribution in [0.25, 0.3) is 0 Å². The monoisotopic (exact) mass is 557 g/mol. The maximum Gasteiger partial charge on any atom is 0.203 e. The molecule has 0 bridgehead atoms. The van der Waals surface area contributed by atoms with Crippen molar-refractivity contribution in [1.29, 1.82) is 0 Å². The van der Waals surface area contributed by atoms with E-state index < -0.39 is 0 Å². The first kappa shape index (κ1) is 27.6. The molecule has 0 saturated carbocycles. The molecule has 0 atom stereocenters. The number of hydrogen-bond acceptors (Lipinski definition) is 6. The molecular weight excluding hydrogens is 521 g/mol. The van der Waals surface area contributed by atoms with Crippen molar-refractivity contribution in [2.45, 2.75) is 33.9 Å². The Morgan fingerprint density at radius 1 is 0.938 bits per heavy atom. The third-order valence-electron chi connectivity index (χ3n) is 4.84. The van der Waals surface area contributed by atoms with Crippen molar-refractivity contribution >= 4 is 35.8 Å². The lowest BCUT2D eigenvalue weighted by atomic mass is 10.2. The van der Waals surface area contributed by atoms with Crippen molar-refractivity contribution in [2.75, 3.05) is 45.9 Å². The SMILES string of the molecule is CCNC(=NCc1cc(OC)c(OC)c(OC)c1)NCc1ccc(N(CC)CC)nc1.I. The number of ether oxygens (including phenoxy) is 3. The number of anilines is 1. The fourth-order valence-electron chi connectivity index (χ4n) is 3.18. The zero-order chi connectivity index (χ0) is 22.6. The average Bonchev–Trinajstić information content (AvgIpc) is 2.81. The molecule has 9 heteroatoms. The van der Waals surface area contributed by atoms with Crippen LogP contribution < -0.4 is 29.7 Å². The van der Waals surface area contributed by atoms with Gasteiger partial charge >= 0.3 is 0 Å². The predicted molar refractivity (Wildman–Crippen MR) is 141 cm³/mol. The molecule has 0 aliphatic rings. The quantitative estimate of drug-likeness (QED) is 0.247.